The van der Waals surface area contributed by atoms with Gasteiger partial charge in [-0.2, -0.15) is 0 Å². The van der Waals surface area contributed by atoms with E-state index in [0.717, 1.165) is 25.7 Å². The molecule has 2 saturated heterocycles. The number of carbonyl (C=O) groups excluding carboxylic acids is 1. The lowest BCUT2D eigenvalue weighted by molar-refractivity contribution is -0.149. The Morgan fingerprint density at radius 2 is 1.82 bits per heavy atom. The molecule has 2 heterocycles. The van der Waals surface area contributed by atoms with Crippen LogP contribution in [0.1, 0.15) is 44.9 Å². The van der Waals surface area contributed by atoms with Crippen molar-refractivity contribution in [2.24, 2.45) is 5.92 Å². The molecule has 0 spiro atoms. The van der Waals surface area contributed by atoms with Crippen LogP contribution in [0.15, 0.2) is 11.9 Å². The number of allylic oxidation sites excluding steroid dienone is 1. The Morgan fingerprint density at radius 3 is 2.41 bits per heavy atom. The third-order valence-electron chi connectivity index (χ3n) is 5.57. The monoisotopic (exact) mass is 326 g/mol. The van der Waals surface area contributed by atoms with Crippen LogP contribution >= 0.6 is 7.44 Å². The lowest BCUT2D eigenvalue weighted by Crippen LogP contribution is -2.37. The Hall–Kier alpha value is -0.640. The van der Waals surface area contributed by atoms with E-state index in [9.17, 15) is 9.36 Å². The molecule has 3 fully saturated rings. The summed E-state index contributed by atoms with van der Waals surface area (Å²) >= 11 is 0. The molecule has 2 aliphatic heterocycles. The van der Waals surface area contributed by atoms with Gasteiger partial charge < -0.3 is 4.74 Å². The first kappa shape index (κ1) is 16.2. The number of esters is 1. The molecule has 0 aromatic carbocycles. The standard InChI is InChI=1S/C16H27N2O3P/c1-17-14-7-3-4-8-15(14)18(2)22(17,20)11-5-6-13-9-10-21-16(19)12-13/h5,11,13-15H,3-4,6-10,12H2,1-2H3/b11-5+/t13-,14-,15-/m1/s1. The minimum absolute atomic E-state index is 0.0996. The van der Waals surface area contributed by atoms with Gasteiger partial charge in [0, 0.05) is 24.3 Å². The van der Waals surface area contributed by atoms with E-state index in [-0.39, 0.29) is 5.97 Å². The first-order chi connectivity index (χ1) is 10.5. The van der Waals surface area contributed by atoms with E-state index in [2.05, 4.69) is 9.34 Å². The number of ether oxygens (including phenoxy) is 1. The van der Waals surface area contributed by atoms with E-state index in [1.807, 2.05) is 26.0 Å². The first-order valence-corrected chi connectivity index (χ1v) is 10.1. The largest absolute Gasteiger partial charge is 0.466 e. The van der Waals surface area contributed by atoms with Gasteiger partial charge in [-0.3, -0.25) is 9.36 Å². The van der Waals surface area contributed by atoms with Crippen molar-refractivity contribution in [1.29, 1.82) is 0 Å². The molecule has 3 atom stereocenters. The third-order valence-corrected chi connectivity index (χ3v) is 8.57. The fourth-order valence-corrected chi connectivity index (χ4v) is 6.80. The van der Waals surface area contributed by atoms with E-state index in [4.69, 9.17) is 4.74 Å². The fraction of sp³-hybridized carbons (Fsp3) is 0.812. The van der Waals surface area contributed by atoms with Crippen molar-refractivity contribution in [2.75, 3.05) is 20.7 Å². The van der Waals surface area contributed by atoms with E-state index in [1.165, 1.54) is 12.8 Å². The number of fused-ring (bicyclic) bond motifs is 1. The fourth-order valence-electron chi connectivity index (χ4n) is 4.15. The summed E-state index contributed by atoms with van der Waals surface area (Å²) < 4.78 is 22.6. The molecular formula is C16H27N2O3P. The van der Waals surface area contributed by atoms with Crippen molar-refractivity contribution in [1.82, 2.24) is 9.34 Å². The number of cyclic esters (lactones) is 1. The Morgan fingerprint density at radius 1 is 1.18 bits per heavy atom. The maximum Gasteiger partial charge on any atom is 0.306 e. The van der Waals surface area contributed by atoms with Gasteiger partial charge in [-0.05, 0) is 45.7 Å². The number of carbonyl (C=O) groups is 1. The maximum atomic E-state index is 13.4. The zero-order chi connectivity index (χ0) is 15.7. The van der Waals surface area contributed by atoms with Gasteiger partial charge in [0.15, 0.2) is 0 Å². The highest BCUT2D eigenvalue weighted by Crippen LogP contribution is 2.62. The summed E-state index contributed by atoms with van der Waals surface area (Å²) in [4.78, 5) is 11.3. The average molecular weight is 326 g/mol. The van der Waals surface area contributed by atoms with Crippen LogP contribution in [0, 0.1) is 5.92 Å². The quantitative estimate of drug-likeness (QED) is 0.589. The Labute approximate surface area is 133 Å². The highest BCUT2D eigenvalue weighted by atomic mass is 31.2. The second-order valence-electron chi connectivity index (χ2n) is 6.86. The predicted molar refractivity (Wildman–Crippen MR) is 86.6 cm³/mol. The van der Waals surface area contributed by atoms with E-state index >= 15 is 0 Å². The molecule has 6 heteroatoms. The van der Waals surface area contributed by atoms with Gasteiger partial charge in [-0.15, -0.1) is 0 Å². The van der Waals surface area contributed by atoms with Gasteiger partial charge in [0.1, 0.15) is 0 Å². The summed E-state index contributed by atoms with van der Waals surface area (Å²) in [5.74, 6) is 2.16. The van der Waals surface area contributed by atoms with Crippen LogP contribution in [0.4, 0.5) is 0 Å². The molecule has 0 bridgehead atoms. The highest BCUT2D eigenvalue weighted by Gasteiger charge is 2.50. The van der Waals surface area contributed by atoms with Crippen LogP contribution in [0.2, 0.25) is 0 Å². The smallest absolute Gasteiger partial charge is 0.306 e. The normalized spacial score (nSPS) is 36.5. The number of nitrogens with zero attached hydrogens (tertiary/aromatic N) is 2. The summed E-state index contributed by atoms with van der Waals surface area (Å²) in [6.45, 7) is 0.527. The van der Waals surface area contributed by atoms with Crippen LogP contribution in [0.25, 0.3) is 0 Å². The molecular weight excluding hydrogens is 299 g/mol. The van der Waals surface area contributed by atoms with Crippen molar-refractivity contribution < 1.29 is 14.1 Å². The molecule has 0 radical (unpaired) electrons. The zero-order valence-corrected chi connectivity index (χ0v) is 14.5. The molecule has 3 aliphatic rings. The van der Waals surface area contributed by atoms with E-state index in [1.54, 1.807) is 0 Å². The Kier molecular flexibility index (Phi) is 4.77. The second-order valence-corrected chi connectivity index (χ2v) is 9.59. The molecule has 5 nitrogen and oxygen atoms in total. The predicted octanol–water partition coefficient (Wildman–Crippen LogP) is 3.22. The summed E-state index contributed by atoms with van der Waals surface area (Å²) in [6, 6.07) is 0.859. The topological polar surface area (TPSA) is 49.9 Å². The van der Waals surface area contributed by atoms with Gasteiger partial charge in [0.05, 0.1) is 6.61 Å². The van der Waals surface area contributed by atoms with Crippen molar-refractivity contribution in [3.63, 3.8) is 0 Å². The van der Waals surface area contributed by atoms with Crippen molar-refractivity contribution in [3.05, 3.63) is 11.9 Å². The first-order valence-electron chi connectivity index (χ1n) is 8.42. The molecule has 3 rings (SSSR count). The SMILES string of the molecule is CN1[C@@H]2CCCC[C@H]2N(C)P1(=O)/C=C/C[C@@H]1CCOC(=O)C1. The third kappa shape index (κ3) is 2.91. The lowest BCUT2D eigenvalue weighted by Gasteiger charge is -2.28. The molecule has 22 heavy (non-hydrogen) atoms. The molecule has 0 N–H and O–H groups in total. The molecule has 1 saturated carbocycles. The number of likely N-dealkylation sites (N-methyl/N-ethyl adjacent to an activating group) is 2. The van der Waals surface area contributed by atoms with Crippen LogP contribution in [0.3, 0.4) is 0 Å². The van der Waals surface area contributed by atoms with Gasteiger partial charge >= 0.3 is 5.97 Å². The van der Waals surface area contributed by atoms with Crippen LogP contribution in [-0.2, 0) is 14.1 Å². The average Bonchev–Trinajstić information content (AvgIpc) is 2.70. The Bertz CT molecular complexity index is 486. The molecule has 0 unspecified atom stereocenters. The number of hydrogen-bond acceptors (Lipinski definition) is 3. The molecule has 0 aromatic heterocycles. The van der Waals surface area contributed by atoms with Crippen LogP contribution in [-0.4, -0.2) is 48.1 Å². The number of hydrogen-bond donors (Lipinski definition) is 0. The number of rotatable bonds is 3. The van der Waals surface area contributed by atoms with Crippen LogP contribution in [0.5, 0.6) is 0 Å². The van der Waals surface area contributed by atoms with Gasteiger partial charge in [-0.1, -0.05) is 18.9 Å². The maximum absolute atomic E-state index is 13.4. The Balaban J connectivity index is 1.66. The summed E-state index contributed by atoms with van der Waals surface area (Å²) in [5, 5.41) is 0. The summed E-state index contributed by atoms with van der Waals surface area (Å²) in [6.07, 6.45) is 9.05. The van der Waals surface area contributed by atoms with Gasteiger partial charge in [-0.25, -0.2) is 9.34 Å². The lowest BCUT2D eigenvalue weighted by atomic mass is 9.91. The minimum Gasteiger partial charge on any atom is -0.466 e. The molecule has 0 aromatic rings. The van der Waals surface area contributed by atoms with E-state index < -0.39 is 7.44 Å². The second kappa shape index (κ2) is 6.46. The molecule has 1 aliphatic carbocycles. The van der Waals surface area contributed by atoms with Crippen LogP contribution < -0.4 is 0 Å². The summed E-state index contributed by atoms with van der Waals surface area (Å²) in [7, 11) is 1.45. The van der Waals surface area contributed by atoms with Gasteiger partial charge in [0.25, 0.3) is 0 Å². The summed E-state index contributed by atoms with van der Waals surface area (Å²) in [5.41, 5.74) is 0. The molecule has 0 amide bonds. The van der Waals surface area contributed by atoms with Gasteiger partial charge in [0.2, 0.25) is 7.44 Å². The van der Waals surface area contributed by atoms with Crippen molar-refractivity contribution in [3.8, 4) is 0 Å². The zero-order valence-electron chi connectivity index (χ0n) is 13.6. The molecule has 124 valence electrons. The highest BCUT2D eigenvalue weighted by molar-refractivity contribution is 7.62. The van der Waals surface area contributed by atoms with E-state index in [0.29, 0.717) is 31.0 Å². The van der Waals surface area contributed by atoms with Crippen molar-refractivity contribution in [2.45, 2.75) is 57.0 Å². The minimum atomic E-state index is -2.57. The van der Waals surface area contributed by atoms with Crippen molar-refractivity contribution >= 4 is 13.4 Å².